The maximum Gasteiger partial charge on any atom is 0.122 e. The van der Waals surface area contributed by atoms with Gasteiger partial charge in [-0.15, -0.1) is 11.3 Å². The average molecular weight is 422 g/mol. The van der Waals surface area contributed by atoms with Crippen LogP contribution in [0.4, 0.5) is 0 Å². The third kappa shape index (κ3) is 11.1. The Balaban J connectivity index is 2.72. The van der Waals surface area contributed by atoms with Crippen LogP contribution in [0.5, 0.6) is 0 Å². The summed E-state index contributed by atoms with van der Waals surface area (Å²) in [5.41, 5.74) is 3.65. The molecule has 0 spiro atoms. The molecule has 3 nitrogen and oxygen atoms in total. The van der Waals surface area contributed by atoms with Crippen molar-refractivity contribution in [2.75, 3.05) is 6.61 Å². The SMILES string of the molecule is C/C(=C/C[C@H](OCC[Si](C)(C)C)/C(C)=C/c1csc(C)n1)CCC[C@@H](C)C=O. The molecule has 158 valence electrons. The Kier molecular flexibility index (Phi) is 11.2. The molecule has 0 saturated heterocycles. The van der Waals surface area contributed by atoms with Crippen molar-refractivity contribution in [1.82, 2.24) is 4.98 Å². The first-order valence-corrected chi connectivity index (χ1v) is 15.0. The fraction of sp³-hybridized carbons (Fsp3) is 0.652. The minimum absolute atomic E-state index is 0.0993. The summed E-state index contributed by atoms with van der Waals surface area (Å²) in [5, 5.41) is 3.20. The molecule has 1 heterocycles. The standard InChI is InChI=1S/C23H39NO2SSi/c1-18(9-8-10-19(2)16-25)11-12-23(26-13-14-28(5,6)7)20(3)15-22-17-27-21(4)24-22/h11,15-17,19,23H,8-10,12-14H2,1-7H3/b18-11-,20-15+/t19-,23+/m1/s1. The van der Waals surface area contributed by atoms with Crippen LogP contribution in [0.25, 0.3) is 6.08 Å². The molecule has 0 aliphatic carbocycles. The third-order valence-electron chi connectivity index (χ3n) is 4.83. The number of aldehydes is 1. The molecule has 0 unspecified atom stereocenters. The minimum atomic E-state index is -1.11. The van der Waals surface area contributed by atoms with Gasteiger partial charge < -0.3 is 9.53 Å². The first-order chi connectivity index (χ1) is 13.1. The van der Waals surface area contributed by atoms with Crippen LogP contribution in [-0.2, 0) is 9.53 Å². The summed E-state index contributed by atoms with van der Waals surface area (Å²) in [6, 6.07) is 1.18. The second-order valence-electron chi connectivity index (χ2n) is 9.14. The molecule has 1 aromatic rings. The molecule has 1 rings (SSSR count). The van der Waals surface area contributed by atoms with Gasteiger partial charge in [-0.3, -0.25) is 0 Å². The van der Waals surface area contributed by atoms with Crippen LogP contribution in [0.3, 0.4) is 0 Å². The predicted molar refractivity (Wildman–Crippen MR) is 126 cm³/mol. The van der Waals surface area contributed by atoms with Gasteiger partial charge in [-0.05, 0) is 64.1 Å². The molecule has 28 heavy (non-hydrogen) atoms. The first kappa shape index (κ1) is 25.0. The van der Waals surface area contributed by atoms with E-state index in [1.165, 1.54) is 17.2 Å². The van der Waals surface area contributed by atoms with Gasteiger partial charge in [-0.25, -0.2) is 4.98 Å². The summed E-state index contributed by atoms with van der Waals surface area (Å²) in [5.74, 6) is 0.164. The quantitative estimate of drug-likeness (QED) is 0.197. The van der Waals surface area contributed by atoms with E-state index in [-0.39, 0.29) is 12.0 Å². The number of thiazole rings is 1. The summed E-state index contributed by atoms with van der Waals surface area (Å²) in [4.78, 5) is 15.3. The van der Waals surface area contributed by atoms with Crippen LogP contribution >= 0.6 is 11.3 Å². The summed E-state index contributed by atoms with van der Waals surface area (Å²) in [7, 11) is -1.11. The lowest BCUT2D eigenvalue weighted by Gasteiger charge is -2.21. The van der Waals surface area contributed by atoms with E-state index in [4.69, 9.17) is 4.74 Å². The molecule has 5 heteroatoms. The molecule has 0 bridgehead atoms. The van der Waals surface area contributed by atoms with E-state index in [0.29, 0.717) is 0 Å². The van der Waals surface area contributed by atoms with Crippen molar-refractivity contribution in [1.29, 1.82) is 0 Å². The van der Waals surface area contributed by atoms with Gasteiger partial charge in [0.05, 0.1) is 16.8 Å². The first-order valence-electron chi connectivity index (χ1n) is 10.4. The van der Waals surface area contributed by atoms with Gasteiger partial charge in [0.1, 0.15) is 6.29 Å². The Bertz CT molecular complexity index is 658. The molecule has 0 radical (unpaired) electrons. The highest BCUT2D eigenvalue weighted by atomic mass is 32.1. The Morgan fingerprint density at radius 1 is 1.32 bits per heavy atom. The van der Waals surface area contributed by atoms with Crippen molar-refractivity contribution in [2.24, 2.45) is 5.92 Å². The highest BCUT2D eigenvalue weighted by molar-refractivity contribution is 7.09. The van der Waals surface area contributed by atoms with Crippen LogP contribution in [0.2, 0.25) is 25.7 Å². The number of hydrogen-bond donors (Lipinski definition) is 0. The smallest absolute Gasteiger partial charge is 0.122 e. The van der Waals surface area contributed by atoms with Gasteiger partial charge in [0.25, 0.3) is 0 Å². The van der Waals surface area contributed by atoms with Crippen molar-refractivity contribution in [3.8, 4) is 0 Å². The zero-order valence-electron chi connectivity index (χ0n) is 18.9. The number of aromatic nitrogens is 1. The number of nitrogens with zero attached hydrogens (tertiary/aromatic N) is 1. The van der Waals surface area contributed by atoms with Gasteiger partial charge in [0.15, 0.2) is 0 Å². The van der Waals surface area contributed by atoms with Crippen LogP contribution < -0.4 is 0 Å². The predicted octanol–water partition coefficient (Wildman–Crippen LogP) is 6.92. The summed E-state index contributed by atoms with van der Waals surface area (Å²) >= 11 is 1.68. The molecular formula is C23H39NO2SSi. The Hall–Kier alpha value is -1.04. The molecule has 0 saturated carbocycles. The number of carbonyl (C=O) groups is 1. The van der Waals surface area contributed by atoms with Crippen molar-refractivity contribution in [3.63, 3.8) is 0 Å². The van der Waals surface area contributed by atoms with Gasteiger partial charge in [-0.2, -0.15) is 0 Å². The molecule has 0 N–H and O–H groups in total. The van der Waals surface area contributed by atoms with Crippen LogP contribution in [0.15, 0.2) is 22.6 Å². The lowest BCUT2D eigenvalue weighted by atomic mass is 10.0. The van der Waals surface area contributed by atoms with Crippen LogP contribution in [-0.4, -0.2) is 32.1 Å². The van der Waals surface area contributed by atoms with E-state index >= 15 is 0 Å². The maximum absolute atomic E-state index is 10.8. The van der Waals surface area contributed by atoms with E-state index in [1.54, 1.807) is 11.3 Å². The molecule has 0 amide bonds. The minimum Gasteiger partial charge on any atom is -0.374 e. The fourth-order valence-corrected chi connectivity index (χ4v) is 4.15. The molecule has 0 aliphatic heterocycles. The van der Waals surface area contributed by atoms with Gasteiger partial charge in [0.2, 0.25) is 0 Å². The largest absolute Gasteiger partial charge is 0.374 e. The lowest BCUT2D eigenvalue weighted by molar-refractivity contribution is -0.110. The van der Waals surface area contributed by atoms with Crippen molar-refractivity contribution in [2.45, 2.75) is 85.2 Å². The van der Waals surface area contributed by atoms with E-state index in [2.05, 4.69) is 56.0 Å². The number of hydrogen-bond acceptors (Lipinski definition) is 4. The zero-order chi connectivity index (χ0) is 21.2. The van der Waals surface area contributed by atoms with Gasteiger partial charge in [0, 0.05) is 26.0 Å². The summed E-state index contributed by atoms with van der Waals surface area (Å²) in [6.07, 6.45) is 9.60. The average Bonchev–Trinajstić information content (AvgIpc) is 3.01. The second kappa shape index (κ2) is 12.5. The topological polar surface area (TPSA) is 39.2 Å². The molecule has 0 fully saturated rings. The van der Waals surface area contributed by atoms with Crippen LogP contribution in [0, 0.1) is 12.8 Å². The number of aryl methyl sites for hydroxylation is 1. The number of rotatable bonds is 13. The number of allylic oxidation sites excluding steroid dienone is 1. The van der Waals surface area contributed by atoms with Crippen molar-refractivity contribution >= 4 is 31.8 Å². The van der Waals surface area contributed by atoms with E-state index < -0.39 is 8.07 Å². The monoisotopic (exact) mass is 421 g/mol. The molecule has 0 aliphatic rings. The number of carbonyl (C=O) groups excluding carboxylic acids is 1. The molecule has 2 atom stereocenters. The highest BCUT2D eigenvalue weighted by Crippen LogP contribution is 2.20. The van der Waals surface area contributed by atoms with Crippen molar-refractivity contribution in [3.05, 3.63) is 33.3 Å². The van der Waals surface area contributed by atoms with Crippen LogP contribution in [0.1, 0.15) is 57.2 Å². The Morgan fingerprint density at radius 2 is 2.04 bits per heavy atom. The van der Waals surface area contributed by atoms with E-state index in [1.807, 2.05) is 13.8 Å². The number of ether oxygens (including phenoxy) is 1. The summed E-state index contributed by atoms with van der Waals surface area (Å²) < 4.78 is 6.32. The summed E-state index contributed by atoms with van der Waals surface area (Å²) in [6.45, 7) is 16.4. The Morgan fingerprint density at radius 3 is 2.61 bits per heavy atom. The Labute approximate surface area is 177 Å². The van der Waals surface area contributed by atoms with E-state index in [9.17, 15) is 4.79 Å². The third-order valence-corrected chi connectivity index (χ3v) is 7.33. The van der Waals surface area contributed by atoms with Gasteiger partial charge in [-0.1, -0.05) is 38.2 Å². The fourth-order valence-electron chi connectivity index (χ4n) is 2.85. The molecule has 1 aromatic heterocycles. The zero-order valence-corrected chi connectivity index (χ0v) is 20.7. The normalized spacial score (nSPS) is 15.5. The lowest BCUT2D eigenvalue weighted by Crippen LogP contribution is -2.24. The molecular weight excluding hydrogens is 382 g/mol. The molecule has 0 aromatic carbocycles. The highest BCUT2D eigenvalue weighted by Gasteiger charge is 2.16. The maximum atomic E-state index is 10.8. The van der Waals surface area contributed by atoms with Crippen molar-refractivity contribution < 1.29 is 9.53 Å². The second-order valence-corrected chi connectivity index (χ2v) is 15.8. The van der Waals surface area contributed by atoms with E-state index in [0.717, 1.165) is 49.3 Å². The van der Waals surface area contributed by atoms with Gasteiger partial charge >= 0.3 is 0 Å².